The van der Waals surface area contributed by atoms with Crippen molar-refractivity contribution in [1.29, 1.82) is 0 Å². The summed E-state index contributed by atoms with van der Waals surface area (Å²) in [6, 6.07) is 15.9. The zero-order valence-corrected chi connectivity index (χ0v) is 32.9. The van der Waals surface area contributed by atoms with Crippen LogP contribution in [0.15, 0.2) is 47.4 Å². The van der Waals surface area contributed by atoms with Gasteiger partial charge in [0.2, 0.25) is 11.8 Å². The number of likely N-dealkylation sites (tertiary alicyclic amines) is 1. The summed E-state index contributed by atoms with van der Waals surface area (Å²) in [6.45, 7) is 22.9. The Morgan fingerprint density at radius 3 is 2.34 bits per heavy atom. The Bertz CT molecular complexity index is 1600. The molecule has 9 heteroatoms. The standard InChI is InChI=1S/C39H53N5O3S.C2H6/c1-9-32-34(33-26(4)12-10-13-27(33)5)40-36-41-35(32)46-24-29(20-25(2)3)44(28-14-11-15-31(21-28)48-42-36)30-22-39(23-30)16-18-43(19-17-39)37(45)47-38(6,7)8;1-2/h10-15,21,25,29-30H,9,16-20,22-24H2,1-8H3,(H,40,41,42);1-2H3. The highest BCUT2D eigenvalue weighted by Crippen LogP contribution is 2.52. The number of benzene rings is 2. The number of hydrogen-bond donors (Lipinski definition) is 1. The number of aryl methyl sites for hydroxylation is 2. The number of fused-ring (bicyclic) bond motifs is 4. The lowest BCUT2D eigenvalue weighted by Crippen LogP contribution is -2.59. The minimum Gasteiger partial charge on any atom is -0.475 e. The number of aromatic nitrogens is 2. The topological polar surface area (TPSA) is 79.8 Å². The van der Waals surface area contributed by atoms with Crippen molar-refractivity contribution in [3.8, 4) is 17.1 Å². The van der Waals surface area contributed by atoms with E-state index in [0.29, 0.717) is 30.4 Å². The maximum Gasteiger partial charge on any atom is 0.410 e. The largest absolute Gasteiger partial charge is 0.475 e. The smallest absolute Gasteiger partial charge is 0.410 e. The highest BCUT2D eigenvalue weighted by Gasteiger charge is 2.50. The van der Waals surface area contributed by atoms with E-state index in [2.05, 4.69) is 86.7 Å². The maximum absolute atomic E-state index is 12.8. The Morgan fingerprint density at radius 2 is 1.72 bits per heavy atom. The van der Waals surface area contributed by atoms with Gasteiger partial charge in [-0.05, 0) is 126 Å². The van der Waals surface area contributed by atoms with E-state index in [1.54, 1.807) is 11.9 Å². The van der Waals surface area contributed by atoms with E-state index < -0.39 is 5.60 Å². The highest BCUT2D eigenvalue weighted by atomic mass is 32.2. The van der Waals surface area contributed by atoms with Crippen LogP contribution in [0.3, 0.4) is 0 Å². The molecule has 3 heterocycles. The van der Waals surface area contributed by atoms with E-state index in [1.165, 1.54) is 16.8 Å². The van der Waals surface area contributed by atoms with Gasteiger partial charge >= 0.3 is 6.09 Å². The molecule has 8 nitrogen and oxygen atoms in total. The molecule has 1 atom stereocenters. The van der Waals surface area contributed by atoms with E-state index >= 15 is 0 Å². The van der Waals surface area contributed by atoms with Gasteiger partial charge in [-0.3, -0.25) is 4.72 Å². The Kier molecular flexibility index (Phi) is 12.0. The molecule has 1 unspecified atom stereocenters. The van der Waals surface area contributed by atoms with Gasteiger partial charge in [0.1, 0.15) is 12.2 Å². The summed E-state index contributed by atoms with van der Waals surface area (Å²) in [5.41, 5.74) is 6.57. The SMILES string of the molecule is CC.CCc1c2nc(nc1-c1c(C)cccc1C)NSc1cccc(c1)N(C1CC3(CCN(C(=O)OC(C)(C)C)CC3)C1)C(CC(C)C)CO2. The van der Waals surface area contributed by atoms with Crippen molar-refractivity contribution < 1.29 is 14.3 Å². The molecule has 2 fully saturated rings. The number of carbonyl (C=O) groups is 1. The van der Waals surface area contributed by atoms with Gasteiger partial charge in [0, 0.05) is 40.8 Å². The lowest BCUT2D eigenvalue weighted by atomic mass is 9.59. The molecule has 1 aromatic heterocycles. The van der Waals surface area contributed by atoms with Crippen LogP contribution in [0.25, 0.3) is 11.3 Å². The molecule has 1 N–H and O–H groups in total. The van der Waals surface area contributed by atoms with Crippen molar-refractivity contribution in [3.05, 3.63) is 59.2 Å². The van der Waals surface area contributed by atoms with Gasteiger partial charge in [-0.25, -0.2) is 9.78 Å². The molecule has 2 aromatic carbocycles. The Labute approximate surface area is 305 Å². The second-order valence-corrected chi connectivity index (χ2v) is 16.4. The first-order valence-electron chi connectivity index (χ1n) is 18.7. The van der Waals surface area contributed by atoms with Crippen LogP contribution in [-0.2, 0) is 11.2 Å². The fourth-order valence-corrected chi connectivity index (χ4v) is 8.52. The second-order valence-electron chi connectivity index (χ2n) is 15.5. The van der Waals surface area contributed by atoms with Gasteiger partial charge in [0.25, 0.3) is 0 Å². The fraction of sp³-hybridized carbons (Fsp3) is 0.585. The Hall–Kier alpha value is -3.46. The van der Waals surface area contributed by atoms with Gasteiger partial charge in [-0.2, -0.15) is 4.98 Å². The lowest BCUT2D eigenvalue weighted by molar-refractivity contribution is -0.0137. The molecule has 2 aliphatic heterocycles. The average Bonchev–Trinajstić information content (AvgIpc) is 3.05. The van der Waals surface area contributed by atoms with E-state index in [-0.39, 0.29) is 17.6 Å². The molecule has 3 aromatic rings. The molecule has 4 bridgehead atoms. The van der Waals surface area contributed by atoms with Gasteiger partial charge in [0.05, 0.1) is 11.7 Å². The monoisotopic (exact) mass is 701 g/mol. The molecule has 3 aliphatic rings. The first-order valence-corrected chi connectivity index (χ1v) is 19.6. The Balaban J connectivity index is 0.00000239. The molecule has 1 saturated heterocycles. The number of nitrogens with zero attached hydrogens (tertiary/aromatic N) is 4. The predicted molar refractivity (Wildman–Crippen MR) is 207 cm³/mol. The van der Waals surface area contributed by atoms with Crippen LogP contribution in [-0.4, -0.2) is 58.3 Å². The number of ether oxygens (including phenoxy) is 2. The summed E-state index contributed by atoms with van der Waals surface area (Å²) in [5.74, 6) is 1.73. The van der Waals surface area contributed by atoms with Gasteiger partial charge in [-0.15, -0.1) is 0 Å². The molecule has 1 aliphatic carbocycles. The summed E-state index contributed by atoms with van der Waals surface area (Å²) in [7, 11) is 0. The first-order chi connectivity index (χ1) is 23.8. The summed E-state index contributed by atoms with van der Waals surface area (Å²) in [6.07, 6.45) is 5.87. The first kappa shape index (κ1) is 37.8. The number of anilines is 2. The van der Waals surface area contributed by atoms with Crippen LogP contribution < -0.4 is 14.4 Å². The van der Waals surface area contributed by atoms with Gasteiger partial charge in [0.15, 0.2) is 0 Å². The second kappa shape index (κ2) is 15.8. The molecule has 6 rings (SSSR count). The lowest BCUT2D eigenvalue weighted by Gasteiger charge is -2.57. The van der Waals surface area contributed by atoms with Crippen LogP contribution in [0.1, 0.15) is 104 Å². The van der Waals surface area contributed by atoms with Crippen molar-refractivity contribution >= 4 is 29.7 Å². The number of nitrogens with one attached hydrogen (secondary N) is 1. The third-order valence-electron chi connectivity index (χ3n) is 10.2. The molecular formula is C41H59N5O3S. The van der Waals surface area contributed by atoms with E-state index in [0.717, 1.165) is 73.3 Å². The van der Waals surface area contributed by atoms with Gasteiger partial charge in [-0.1, -0.05) is 58.9 Å². The van der Waals surface area contributed by atoms with Gasteiger partial charge < -0.3 is 19.3 Å². The van der Waals surface area contributed by atoms with Crippen LogP contribution in [0.2, 0.25) is 0 Å². The number of carbonyl (C=O) groups excluding carboxylic acids is 1. The zero-order chi connectivity index (χ0) is 36.2. The van der Waals surface area contributed by atoms with Crippen molar-refractivity contribution in [2.45, 2.75) is 130 Å². The van der Waals surface area contributed by atoms with Crippen molar-refractivity contribution in [3.63, 3.8) is 0 Å². The summed E-state index contributed by atoms with van der Waals surface area (Å²) < 4.78 is 16.0. The van der Waals surface area contributed by atoms with Crippen LogP contribution in [0, 0.1) is 25.2 Å². The molecule has 0 radical (unpaired) electrons. The number of hydrogen-bond acceptors (Lipinski definition) is 8. The normalized spacial score (nSPS) is 18.9. The third kappa shape index (κ3) is 8.52. The van der Waals surface area contributed by atoms with E-state index in [9.17, 15) is 4.79 Å². The quantitative estimate of drug-likeness (QED) is 0.263. The summed E-state index contributed by atoms with van der Waals surface area (Å²) in [4.78, 5) is 28.5. The highest BCUT2D eigenvalue weighted by molar-refractivity contribution is 8.00. The van der Waals surface area contributed by atoms with Crippen LogP contribution in [0.4, 0.5) is 16.4 Å². The summed E-state index contributed by atoms with van der Waals surface area (Å²) >= 11 is 1.55. The molecule has 1 amide bonds. The molecule has 1 spiro atoms. The Morgan fingerprint density at radius 1 is 1.06 bits per heavy atom. The van der Waals surface area contributed by atoms with E-state index in [1.807, 2.05) is 39.5 Å². The predicted octanol–water partition coefficient (Wildman–Crippen LogP) is 10.3. The maximum atomic E-state index is 12.8. The molecular weight excluding hydrogens is 643 g/mol. The minimum absolute atomic E-state index is 0.175. The molecule has 1 saturated carbocycles. The molecule has 50 heavy (non-hydrogen) atoms. The van der Waals surface area contributed by atoms with Crippen LogP contribution >= 0.6 is 11.9 Å². The minimum atomic E-state index is -0.475. The summed E-state index contributed by atoms with van der Waals surface area (Å²) in [5, 5.41) is 0. The fourth-order valence-electron chi connectivity index (χ4n) is 7.89. The number of amides is 1. The van der Waals surface area contributed by atoms with Crippen LogP contribution in [0.5, 0.6) is 5.88 Å². The molecule has 272 valence electrons. The number of rotatable bonds is 5. The van der Waals surface area contributed by atoms with Crippen molar-refractivity contribution in [2.24, 2.45) is 11.3 Å². The zero-order valence-electron chi connectivity index (χ0n) is 32.1. The van der Waals surface area contributed by atoms with E-state index in [4.69, 9.17) is 19.4 Å². The third-order valence-corrected chi connectivity index (χ3v) is 10.9. The van der Waals surface area contributed by atoms with Crippen molar-refractivity contribution in [1.82, 2.24) is 14.9 Å². The average molecular weight is 702 g/mol. The number of piperidine rings is 1. The van der Waals surface area contributed by atoms with Crippen molar-refractivity contribution in [2.75, 3.05) is 29.3 Å².